The first kappa shape index (κ1) is 14.2. The van der Waals surface area contributed by atoms with Crippen LogP contribution in [-0.2, 0) is 0 Å². The third-order valence-electron chi connectivity index (χ3n) is 3.30. The van der Waals surface area contributed by atoms with Crippen LogP contribution in [0.2, 0.25) is 0 Å². The molecule has 0 saturated carbocycles. The summed E-state index contributed by atoms with van der Waals surface area (Å²) >= 11 is 0. The number of hydrogen-bond donors (Lipinski definition) is 1. The average Bonchev–Trinajstić information content (AvgIpc) is 2.46. The van der Waals surface area contributed by atoms with Crippen molar-refractivity contribution >= 4 is 22.1 Å². The number of aromatic nitrogens is 1. The van der Waals surface area contributed by atoms with Crippen LogP contribution in [0, 0.1) is 10.1 Å². The Bertz CT molecular complexity index is 615. The smallest absolute Gasteiger partial charge is 0.277 e. The lowest BCUT2D eigenvalue weighted by Crippen LogP contribution is -2.22. The summed E-state index contributed by atoms with van der Waals surface area (Å²) in [6.07, 6.45) is 4.28. The third kappa shape index (κ3) is 2.85. The second-order valence-electron chi connectivity index (χ2n) is 4.66. The number of nitrogens with zero attached hydrogens (tertiary/aromatic N) is 3. The Hall–Kier alpha value is -2.21. The molecule has 0 radical (unpaired) electrons. The minimum atomic E-state index is -0.354. The molecule has 0 bridgehead atoms. The number of benzene rings is 1. The second-order valence-corrected chi connectivity index (χ2v) is 4.66. The molecule has 106 valence electrons. The molecule has 6 nitrogen and oxygen atoms in total. The molecule has 0 fully saturated rings. The van der Waals surface area contributed by atoms with Crippen LogP contribution in [-0.4, -0.2) is 37.1 Å². The van der Waals surface area contributed by atoms with Crippen LogP contribution in [0.5, 0.6) is 0 Å². The molecule has 0 unspecified atom stereocenters. The Kier molecular flexibility index (Phi) is 4.47. The van der Waals surface area contributed by atoms with Gasteiger partial charge in [-0.05, 0) is 32.1 Å². The zero-order valence-electron chi connectivity index (χ0n) is 11.7. The van der Waals surface area contributed by atoms with Gasteiger partial charge in [0.1, 0.15) is 0 Å². The molecule has 6 heteroatoms. The van der Waals surface area contributed by atoms with E-state index in [0.717, 1.165) is 30.6 Å². The van der Waals surface area contributed by atoms with Gasteiger partial charge in [-0.15, -0.1) is 0 Å². The highest BCUT2D eigenvalue weighted by molar-refractivity contribution is 5.99. The second kappa shape index (κ2) is 6.29. The van der Waals surface area contributed by atoms with Gasteiger partial charge in [-0.25, -0.2) is 0 Å². The Labute approximate surface area is 117 Å². The Balaban J connectivity index is 2.40. The van der Waals surface area contributed by atoms with Gasteiger partial charge in [0.05, 0.1) is 10.3 Å². The lowest BCUT2D eigenvalue weighted by molar-refractivity contribution is -0.383. The highest BCUT2D eigenvalue weighted by Gasteiger charge is 2.15. The van der Waals surface area contributed by atoms with Gasteiger partial charge < -0.3 is 10.2 Å². The average molecular weight is 274 g/mol. The number of pyridine rings is 1. The number of nitro benzene ring substituents is 1. The minimum Gasteiger partial charge on any atom is -0.374 e. The summed E-state index contributed by atoms with van der Waals surface area (Å²) in [5.41, 5.74) is 1.09. The molecular weight excluding hydrogens is 256 g/mol. The summed E-state index contributed by atoms with van der Waals surface area (Å²) in [6.45, 7) is 1.82. The molecule has 1 aromatic carbocycles. The number of anilines is 1. The maximum atomic E-state index is 11.1. The molecule has 0 aliphatic rings. The predicted molar refractivity (Wildman–Crippen MR) is 80.2 cm³/mol. The van der Waals surface area contributed by atoms with Gasteiger partial charge in [0, 0.05) is 43.1 Å². The molecule has 2 aromatic rings. The first-order chi connectivity index (χ1) is 9.65. The van der Waals surface area contributed by atoms with Crippen molar-refractivity contribution in [1.82, 2.24) is 10.3 Å². The minimum absolute atomic E-state index is 0.120. The van der Waals surface area contributed by atoms with Crippen LogP contribution in [0.4, 0.5) is 11.4 Å². The molecule has 0 atom stereocenters. The Morgan fingerprint density at radius 3 is 2.85 bits per heavy atom. The largest absolute Gasteiger partial charge is 0.374 e. The Morgan fingerprint density at radius 2 is 2.15 bits per heavy atom. The van der Waals surface area contributed by atoms with Crippen LogP contribution < -0.4 is 10.2 Å². The van der Waals surface area contributed by atoms with Crippen LogP contribution in [0.1, 0.15) is 6.42 Å². The number of rotatable bonds is 6. The summed E-state index contributed by atoms with van der Waals surface area (Å²) in [7, 11) is 3.91. The van der Waals surface area contributed by atoms with E-state index in [-0.39, 0.29) is 10.6 Å². The van der Waals surface area contributed by atoms with Gasteiger partial charge in [-0.3, -0.25) is 15.1 Å². The van der Waals surface area contributed by atoms with Crippen LogP contribution >= 0.6 is 0 Å². The molecule has 1 aromatic heterocycles. The molecule has 0 spiro atoms. The first-order valence-corrected chi connectivity index (χ1v) is 6.52. The van der Waals surface area contributed by atoms with Crippen LogP contribution in [0.3, 0.4) is 0 Å². The van der Waals surface area contributed by atoms with Crippen molar-refractivity contribution in [1.29, 1.82) is 0 Å². The number of nitrogens with one attached hydrogen (secondary N) is 1. The molecule has 0 saturated heterocycles. The topological polar surface area (TPSA) is 71.3 Å². The highest BCUT2D eigenvalue weighted by Crippen LogP contribution is 2.32. The number of fused-ring (bicyclic) bond motifs is 1. The van der Waals surface area contributed by atoms with E-state index in [1.165, 1.54) is 0 Å². The summed E-state index contributed by atoms with van der Waals surface area (Å²) in [4.78, 5) is 16.9. The fourth-order valence-corrected chi connectivity index (χ4v) is 2.26. The lowest BCUT2D eigenvalue weighted by Gasteiger charge is -2.21. The summed E-state index contributed by atoms with van der Waals surface area (Å²) in [5.74, 6) is 0. The fraction of sp³-hybridized carbons (Fsp3) is 0.357. The van der Waals surface area contributed by atoms with Gasteiger partial charge in [0.25, 0.3) is 5.69 Å². The van der Waals surface area contributed by atoms with E-state index >= 15 is 0 Å². The van der Waals surface area contributed by atoms with Crippen molar-refractivity contribution in [3.05, 3.63) is 40.7 Å². The van der Waals surface area contributed by atoms with Gasteiger partial charge in [0.15, 0.2) is 0 Å². The zero-order chi connectivity index (χ0) is 14.5. The van der Waals surface area contributed by atoms with Gasteiger partial charge in [-0.2, -0.15) is 0 Å². The van der Waals surface area contributed by atoms with Crippen molar-refractivity contribution in [3.8, 4) is 0 Å². The van der Waals surface area contributed by atoms with Crippen LogP contribution in [0.15, 0.2) is 30.6 Å². The number of nitro groups is 1. The monoisotopic (exact) mass is 274 g/mol. The molecular formula is C14H18N4O2. The number of hydrogen-bond acceptors (Lipinski definition) is 5. The highest BCUT2D eigenvalue weighted by atomic mass is 16.6. The van der Waals surface area contributed by atoms with E-state index in [9.17, 15) is 10.1 Å². The van der Waals surface area contributed by atoms with Crippen molar-refractivity contribution in [2.24, 2.45) is 0 Å². The summed E-state index contributed by atoms with van der Waals surface area (Å²) < 4.78 is 0. The molecule has 0 aliphatic carbocycles. The van der Waals surface area contributed by atoms with Crippen LogP contribution in [0.25, 0.3) is 10.8 Å². The van der Waals surface area contributed by atoms with Crippen molar-refractivity contribution < 1.29 is 4.92 Å². The van der Waals surface area contributed by atoms with E-state index in [2.05, 4.69) is 15.2 Å². The third-order valence-corrected chi connectivity index (χ3v) is 3.30. The summed E-state index contributed by atoms with van der Waals surface area (Å²) in [6, 6.07) is 5.05. The van der Waals surface area contributed by atoms with E-state index in [1.807, 2.05) is 14.1 Å². The SMILES string of the molecule is CNCCCN(C)c1ccc([N+](=O)[O-])c2ccncc12. The quantitative estimate of drug-likeness (QED) is 0.496. The first-order valence-electron chi connectivity index (χ1n) is 6.52. The fourth-order valence-electron chi connectivity index (χ4n) is 2.26. The maximum absolute atomic E-state index is 11.1. The van der Waals surface area contributed by atoms with Gasteiger partial charge >= 0.3 is 0 Å². The van der Waals surface area contributed by atoms with Gasteiger partial charge in [-0.1, -0.05) is 0 Å². The van der Waals surface area contributed by atoms with E-state index in [4.69, 9.17) is 0 Å². The molecule has 1 N–H and O–H groups in total. The standard InChI is InChI=1S/C14H18N4O2/c1-15-7-3-9-17(2)13-4-5-14(18(19)20)11-6-8-16-10-12(11)13/h4-6,8,10,15H,3,7,9H2,1-2H3. The molecule has 20 heavy (non-hydrogen) atoms. The van der Waals surface area contributed by atoms with Crippen molar-refractivity contribution in [2.75, 3.05) is 32.1 Å². The van der Waals surface area contributed by atoms with E-state index in [1.54, 1.807) is 30.6 Å². The number of non-ortho nitro benzene ring substituents is 1. The predicted octanol–water partition coefficient (Wildman–Crippen LogP) is 2.19. The zero-order valence-corrected chi connectivity index (χ0v) is 11.7. The van der Waals surface area contributed by atoms with Gasteiger partial charge in [0.2, 0.25) is 0 Å². The molecule has 0 amide bonds. The molecule has 2 rings (SSSR count). The summed E-state index contributed by atoms with van der Waals surface area (Å²) in [5, 5.41) is 15.6. The lowest BCUT2D eigenvalue weighted by atomic mass is 10.1. The Morgan fingerprint density at radius 1 is 1.35 bits per heavy atom. The molecule has 1 heterocycles. The van der Waals surface area contributed by atoms with Crippen molar-refractivity contribution in [3.63, 3.8) is 0 Å². The van der Waals surface area contributed by atoms with E-state index < -0.39 is 0 Å². The maximum Gasteiger partial charge on any atom is 0.277 e. The normalized spacial score (nSPS) is 10.7. The van der Waals surface area contributed by atoms with E-state index in [0.29, 0.717) is 5.39 Å². The molecule has 0 aliphatic heterocycles. The van der Waals surface area contributed by atoms with Crippen molar-refractivity contribution in [2.45, 2.75) is 6.42 Å².